The van der Waals surface area contributed by atoms with Crippen LogP contribution in [0.2, 0.25) is 0 Å². The molecule has 1 heterocycles. The molecule has 0 amide bonds. The third kappa shape index (κ3) is 3.99. The van der Waals surface area contributed by atoms with Crippen molar-refractivity contribution in [1.82, 2.24) is 4.98 Å². The quantitative estimate of drug-likeness (QED) is 0.651. The number of nitrogens with zero attached hydrogens (tertiary/aromatic N) is 2. The van der Waals surface area contributed by atoms with Crippen LogP contribution in [0.25, 0.3) is 22.4 Å². The summed E-state index contributed by atoms with van der Waals surface area (Å²) in [5, 5.41) is 9.61. The zero-order valence-corrected chi connectivity index (χ0v) is 16.8. The first kappa shape index (κ1) is 19.4. The van der Waals surface area contributed by atoms with Crippen molar-refractivity contribution in [3.05, 3.63) is 65.7 Å². The summed E-state index contributed by atoms with van der Waals surface area (Å²) in [5.74, 6) is 1.05. The van der Waals surface area contributed by atoms with Gasteiger partial charge in [-0.05, 0) is 53.8 Å². The Kier molecular flexibility index (Phi) is 5.37. The third-order valence-corrected chi connectivity index (χ3v) is 4.68. The lowest BCUT2D eigenvalue weighted by Gasteiger charge is -2.19. The lowest BCUT2D eigenvalue weighted by molar-refractivity contribution is 0.340. The molecule has 4 nitrogen and oxygen atoms in total. The molecule has 0 fully saturated rings. The average Bonchev–Trinajstić information content (AvgIpc) is 2.67. The smallest absolute Gasteiger partial charge is 0.142 e. The molecule has 2 N–H and O–H groups in total. The van der Waals surface area contributed by atoms with Crippen LogP contribution >= 0.6 is 0 Å². The van der Waals surface area contributed by atoms with Crippen LogP contribution < -0.4 is 10.5 Å². The molecule has 4 heteroatoms. The Morgan fingerprint density at radius 2 is 1.61 bits per heavy atom. The number of benzene rings is 2. The van der Waals surface area contributed by atoms with Crippen molar-refractivity contribution in [3.63, 3.8) is 0 Å². The van der Waals surface area contributed by atoms with Crippen molar-refractivity contribution in [3.8, 4) is 34.2 Å². The molecule has 0 atom stereocenters. The van der Waals surface area contributed by atoms with Gasteiger partial charge in [-0.1, -0.05) is 45.0 Å². The first-order chi connectivity index (χ1) is 13.3. The van der Waals surface area contributed by atoms with Crippen LogP contribution in [0, 0.1) is 11.3 Å². The molecule has 0 bridgehead atoms. The van der Waals surface area contributed by atoms with E-state index in [4.69, 9.17) is 10.5 Å². The highest BCUT2D eigenvalue weighted by Gasteiger charge is 2.16. The minimum atomic E-state index is 0.0708. The lowest BCUT2D eigenvalue weighted by Crippen LogP contribution is -2.10. The minimum absolute atomic E-state index is 0.0708. The number of nitrogens with two attached hydrogens (primary N) is 1. The molecule has 0 saturated carbocycles. The Bertz CT molecular complexity index is 1010. The molecule has 0 unspecified atom stereocenters. The van der Waals surface area contributed by atoms with Crippen LogP contribution in [0.5, 0.6) is 5.75 Å². The van der Waals surface area contributed by atoms with Crippen molar-refractivity contribution in [1.29, 1.82) is 5.26 Å². The Balaban J connectivity index is 2.07. The van der Waals surface area contributed by atoms with E-state index in [0.717, 1.165) is 28.1 Å². The summed E-state index contributed by atoms with van der Waals surface area (Å²) in [6.45, 7) is 9.11. The SMILES string of the molecule is CCOc1ccc(-c2cc(-c3ccc(C(C)(C)C)cc3)c(C#N)c(N)n2)cc1. The summed E-state index contributed by atoms with van der Waals surface area (Å²) in [4.78, 5) is 4.45. The van der Waals surface area contributed by atoms with Crippen molar-refractivity contribution < 1.29 is 4.74 Å². The van der Waals surface area contributed by atoms with Gasteiger partial charge < -0.3 is 10.5 Å². The van der Waals surface area contributed by atoms with E-state index in [9.17, 15) is 5.26 Å². The zero-order chi connectivity index (χ0) is 20.3. The fourth-order valence-electron chi connectivity index (χ4n) is 3.10. The number of nitrogen functional groups attached to an aromatic ring is 1. The number of nitriles is 1. The van der Waals surface area contributed by atoms with Crippen LogP contribution in [0.1, 0.15) is 38.8 Å². The molecule has 28 heavy (non-hydrogen) atoms. The molecule has 3 aromatic rings. The summed E-state index contributed by atoms with van der Waals surface area (Å²) < 4.78 is 5.50. The Labute approximate surface area is 166 Å². The number of ether oxygens (including phenoxy) is 1. The summed E-state index contributed by atoms with van der Waals surface area (Å²) >= 11 is 0. The molecular weight excluding hydrogens is 346 g/mol. The van der Waals surface area contributed by atoms with Gasteiger partial charge in [-0.2, -0.15) is 5.26 Å². The number of anilines is 1. The van der Waals surface area contributed by atoms with Crippen LogP contribution in [0.4, 0.5) is 5.82 Å². The predicted molar refractivity (Wildman–Crippen MR) is 114 cm³/mol. The van der Waals surface area contributed by atoms with E-state index >= 15 is 0 Å². The fraction of sp³-hybridized carbons (Fsp3) is 0.250. The first-order valence-electron chi connectivity index (χ1n) is 9.38. The standard InChI is InChI=1S/C24H25N3O/c1-5-28-19-12-8-17(9-13-19)22-14-20(21(15-25)23(26)27-22)16-6-10-18(11-7-16)24(2,3)4/h6-14H,5H2,1-4H3,(H2,26,27). The maximum absolute atomic E-state index is 9.61. The van der Waals surface area contributed by atoms with E-state index in [1.165, 1.54) is 5.56 Å². The maximum Gasteiger partial charge on any atom is 0.142 e. The van der Waals surface area contributed by atoms with Crippen LogP contribution in [0.15, 0.2) is 54.6 Å². The molecule has 0 aliphatic carbocycles. The number of aromatic nitrogens is 1. The van der Waals surface area contributed by atoms with Gasteiger partial charge in [0, 0.05) is 11.1 Å². The van der Waals surface area contributed by atoms with Crippen molar-refractivity contribution in [2.24, 2.45) is 0 Å². The summed E-state index contributed by atoms with van der Waals surface area (Å²) in [5.41, 5.74) is 11.2. The van der Waals surface area contributed by atoms with E-state index in [1.807, 2.05) is 49.4 Å². The van der Waals surface area contributed by atoms with Gasteiger partial charge >= 0.3 is 0 Å². The van der Waals surface area contributed by atoms with E-state index in [-0.39, 0.29) is 11.2 Å². The Morgan fingerprint density at radius 1 is 1.00 bits per heavy atom. The molecule has 142 valence electrons. The van der Waals surface area contributed by atoms with Gasteiger partial charge in [-0.25, -0.2) is 4.98 Å². The van der Waals surface area contributed by atoms with Crippen molar-refractivity contribution >= 4 is 5.82 Å². The second kappa shape index (κ2) is 7.74. The highest BCUT2D eigenvalue weighted by molar-refractivity contribution is 5.80. The van der Waals surface area contributed by atoms with Gasteiger partial charge in [0.1, 0.15) is 23.2 Å². The van der Waals surface area contributed by atoms with Crippen molar-refractivity contribution in [2.45, 2.75) is 33.1 Å². The number of pyridine rings is 1. The summed E-state index contributed by atoms with van der Waals surface area (Å²) in [6.07, 6.45) is 0. The van der Waals surface area contributed by atoms with E-state index in [1.54, 1.807) is 0 Å². The van der Waals surface area contributed by atoms with Crippen LogP contribution in [-0.2, 0) is 5.41 Å². The number of hydrogen-bond donors (Lipinski definition) is 1. The zero-order valence-electron chi connectivity index (χ0n) is 16.8. The van der Waals surface area contributed by atoms with Gasteiger partial charge in [-0.3, -0.25) is 0 Å². The molecule has 0 radical (unpaired) electrons. The molecular formula is C24H25N3O. The highest BCUT2D eigenvalue weighted by Crippen LogP contribution is 2.33. The second-order valence-corrected chi connectivity index (χ2v) is 7.71. The van der Waals surface area contributed by atoms with Crippen LogP contribution in [-0.4, -0.2) is 11.6 Å². The second-order valence-electron chi connectivity index (χ2n) is 7.71. The third-order valence-electron chi connectivity index (χ3n) is 4.68. The topological polar surface area (TPSA) is 71.9 Å². The average molecular weight is 371 g/mol. The van der Waals surface area contributed by atoms with Gasteiger partial charge in [0.2, 0.25) is 0 Å². The normalized spacial score (nSPS) is 11.1. The van der Waals surface area contributed by atoms with Gasteiger partial charge in [0.05, 0.1) is 12.3 Å². The number of rotatable bonds is 4. The Morgan fingerprint density at radius 3 is 2.14 bits per heavy atom. The number of hydrogen-bond acceptors (Lipinski definition) is 4. The van der Waals surface area contributed by atoms with E-state index in [2.05, 4.69) is 44.0 Å². The van der Waals surface area contributed by atoms with Gasteiger partial charge in [0.25, 0.3) is 0 Å². The minimum Gasteiger partial charge on any atom is -0.494 e. The van der Waals surface area contributed by atoms with Crippen LogP contribution in [0.3, 0.4) is 0 Å². The van der Waals surface area contributed by atoms with Gasteiger partial charge in [0.15, 0.2) is 0 Å². The molecule has 3 rings (SSSR count). The predicted octanol–water partition coefficient (Wildman–Crippen LogP) is 5.57. The molecule has 0 aliphatic heterocycles. The maximum atomic E-state index is 9.61. The van der Waals surface area contributed by atoms with Gasteiger partial charge in [-0.15, -0.1) is 0 Å². The van der Waals surface area contributed by atoms with Crippen molar-refractivity contribution in [2.75, 3.05) is 12.3 Å². The summed E-state index contributed by atoms with van der Waals surface area (Å²) in [6, 6.07) is 20.1. The first-order valence-corrected chi connectivity index (χ1v) is 9.38. The van der Waals surface area contributed by atoms with E-state index in [0.29, 0.717) is 12.2 Å². The molecule has 1 aromatic heterocycles. The molecule has 0 spiro atoms. The molecule has 0 aliphatic rings. The Hall–Kier alpha value is -3.32. The molecule has 2 aromatic carbocycles. The summed E-state index contributed by atoms with van der Waals surface area (Å²) in [7, 11) is 0. The molecule has 0 saturated heterocycles. The largest absolute Gasteiger partial charge is 0.494 e. The monoisotopic (exact) mass is 371 g/mol. The van der Waals surface area contributed by atoms with E-state index < -0.39 is 0 Å². The fourth-order valence-corrected chi connectivity index (χ4v) is 3.10. The highest BCUT2D eigenvalue weighted by atomic mass is 16.5. The lowest BCUT2D eigenvalue weighted by atomic mass is 9.86.